The van der Waals surface area contributed by atoms with Crippen LogP contribution in [0.5, 0.6) is 0 Å². The summed E-state index contributed by atoms with van der Waals surface area (Å²) in [6.45, 7) is 2.98. The van der Waals surface area contributed by atoms with Crippen LogP contribution in [0.4, 0.5) is 0 Å². The first-order valence-corrected chi connectivity index (χ1v) is 6.31. The maximum atomic E-state index is 12.0. The van der Waals surface area contributed by atoms with Gasteiger partial charge in [0.1, 0.15) is 0 Å². The average molecular weight is 227 g/mol. The number of carbonyl (C=O) groups is 1. The molecule has 1 amide bonds. The molecule has 0 unspecified atom stereocenters. The largest absolute Gasteiger partial charge is 0.337 e. The molecule has 1 aliphatic heterocycles. The predicted octanol–water partition coefficient (Wildman–Crippen LogP) is -0.0774. The Balaban J connectivity index is 2.09. The Kier molecular flexibility index (Phi) is 2.86. The lowest BCUT2D eigenvalue weighted by Crippen LogP contribution is -2.41. The first-order valence-electron chi connectivity index (χ1n) is 4.82. The van der Waals surface area contributed by atoms with Crippen LogP contribution < -0.4 is 0 Å². The third-order valence-corrected chi connectivity index (χ3v) is 3.80. The first-order chi connectivity index (χ1) is 7.18. The van der Waals surface area contributed by atoms with E-state index in [0.29, 0.717) is 30.2 Å². The highest BCUT2D eigenvalue weighted by Crippen LogP contribution is 2.09. The SMILES string of the molecule is Cc1[nH]ncc1C(=O)N1CCS(=O)CC1. The highest BCUT2D eigenvalue weighted by molar-refractivity contribution is 7.85. The quantitative estimate of drug-likeness (QED) is 0.730. The molecule has 0 radical (unpaired) electrons. The summed E-state index contributed by atoms with van der Waals surface area (Å²) in [5.41, 5.74) is 1.40. The molecule has 1 fully saturated rings. The van der Waals surface area contributed by atoms with E-state index >= 15 is 0 Å². The van der Waals surface area contributed by atoms with Crippen LogP contribution in [-0.4, -0.2) is 49.8 Å². The number of nitrogens with one attached hydrogen (secondary N) is 1. The molecule has 2 heterocycles. The number of rotatable bonds is 1. The number of H-pyrrole nitrogens is 1. The molecule has 5 nitrogen and oxygen atoms in total. The molecule has 0 spiro atoms. The lowest BCUT2D eigenvalue weighted by Gasteiger charge is -2.26. The molecule has 1 N–H and O–H groups in total. The van der Waals surface area contributed by atoms with Gasteiger partial charge in [-0.25, -0.2) is 0 Å². The van der Waals surface area contributed by atoms with Crippen LogP contribution in [-0.2, 0) is 10.8 Å². The normalized spacial score (nSPS) is 18.1. The Hall–Kier alpha value is -1.17. The molecule has 0 aromatic carbocycles. The summed E-state index contributed by atoms with van der Waals surface area (Å²) in [5.74, 6) is 1.16. The molecule has 1 aliphatic rings. The van der Waals surface area contributed by atoms with Crippen molar-refractivity contribution in [3.8, 4) is 0 Å². The van der Waals surface area contributed by atoms with Crippen LogP contribution in [0.25, 0.3) is 0 Å². The van der Waals surface area contributed by atoms with E-state index in [-0.39, 0.29) is 5.91 Å². The molecule has 0 saturated carbocycles. The van der Waals surface area contributed by atoms with Gasteiger partial charge in [0.05, 0.1) is 11.8 Å². The van der Waals surface area contributed by atoms with Crippen molar-refractivity contribution in [1.82, 2.24) is 15.1 Å². The van der Waals surface area contributed by atoms with E-state index in [4.69, 9.17) is 0 Å². The van der Waals surface area contributed by atoms with E-state index in [1.807, 2.05) is 6.92 Å². The highest BCUT2D eigenvalue weighted by atomic mass is 32.2. The average Bonchev–Trinajstić information content (AvgIpc) is 2.65. The van der Waals surface area contributed by atoms with Gasteiger partial charge in [-0.3, -0.25) is 14.1 Å². The van der Waals surface area contributed by atoms with Gasteiger partial charge in [-0.2, -0.15) is 5.10 Å². The zero-order chi connectivity index (χ0) is 10.8. The van der Waals surface area contributed by atoms with Gasteiger partial charge in [0.2, 0.25) is 0 Å². The Labute approximate surface area is 90.3 Å². The number of nitrogens with zero attached hydrogens (tertiary/aromatic N) is 2. The maximum absolute atomic E-state index is 12.0. The zero-order valence-electron chi connectivity index (χ0n) is 8.52. The second kappa shape index (κ2) is 4.14. The standard InChI is InChI=1S/C9H13N3O2S/c1-7-8(6-10-11-7)9(13)12-2-4-15(14)5-3-12/h6H,2-5H2,1H3,(H,10,11). The molecular formula is C9H13N3O2S. The topological polar surface area (TPSA) is 66.1 Å². The van der Waals surface area contributed by atoms with E-state index < -0.39 is 10.8 Å². The highest BCUT2D eigenvalue weighted by Gasteiger charge is 2.22. The van der Waals surface area contributed by atoms with Gasteiger partial charge < -0.3 is 4.90 Å². The molecular weight excluding hydrogens is 214 g/mol. The van der Waals surface area contributed by atoms with Gasteiger partial charge in [0.25, 0.3) is 5.91 Å². The van der Waals surface area contributed by atoms with Gasteiger partial charge in [-0.1, -0.05) is 0 Å². The fraction of sp³-hybridized carbons (Fsp3) is 0.556. The predicted molar refractivity (Wildman–Crippen MR) is 57.1 cm³/mol. The number of hydrogen-bond donors (Lipinski definition) is 1. The van der Waals surface area contributed by atoms with Crippen LogP contribution in [0.2, 0.25) is 0 Å². The smallest absolute Gasteiger partial charge is 0.257 e. The van der Waals surface area contributed by atoms with E-state index in [9.17, 15) is 9.00 Å². The van der Waals surface area contributed by atoms with Gasteiger partial charge >= 0.3 is 0 Å². The summed E-state index contributed by atoms with van der Waals surface area (Å²) >= 11 is 0. The molecule has 1 aromatic heterocycles. The third-order valence-electron chi connectivity index (χ3n) is 2.53. The van der Waals surface area contributed by atoms with Crippen molar-refractivity contribution in [2.24, 2.45) is 0 Å². The second-order valence-electron chi connectivity index (χ2n) is 3.55. The Morgan fingerprint density at radius 2 is 2.20 bits per heavy atom. The molecule has 2 rings (SSSR count). The number of hydrogen-bond acceptors (Lipinski definition) is 3. The summed E-state index contributed by atoms with van der Waals surface area (Å²) in [4.78, 5) is 13.7. The summed E-state index contributed by atoms with van der Waals surface area (Å²) in [6.07, 6.45) is 1.54. The van der Waals surface area contributed by atoms with Crippen molar-refractivity contribution < 1.29 is 9.00 Å². The van der Waals surface area contributed by atoms with Crippen molar-refractivity contribution in [2.75, 3.05) is 24.6 Å². The summed E-state index contributed by atoms with van der Waals surface area (Å²) < 4.78 is 11.1. The number of aryl methyl sites for hydroxylation is 1. The molecule has 82 valence electrons. The molecule has 0 atom stereocenters. The minimum atomic E-state index is -0.747. The molecule has 1 saturated heterocycles. The van der Waals surface area contributed by atoms with Gasteiger partial charge in [-0.05, 0) is 6.92 Å². The van der Waals surface area contributed by atoms with Crippen LogP contribution in [0, 0.1) is 6.92 Å². The molecule has 6 heteroatoms. The van der Waals surface area contributed by atoms with Gasteiger partial charge in [0, 0.05) is 41.1 Å². The van der Waals surface area contributed by atoms with Crippen LogP contribution >= 0.6 is 0 Å². The molecule has 0 aliphatic carbocycles. The van der Waals surface area contributed by atoms with Crippen molar-refractivity contribution in [1.29, 1.82) is 0 Å². The molecule has 1 aromatic rings. The molecule has 0 bridgehead atoms. The van der Waals surface area contributed by atoms with Crippen molar-refractivity contribution >= 4 is 16.7 Å². The van der Waals surface area contributed by atoms with Crippen molar-refractivity contribution in [2.45, 2.75) is 6.92 Å². The third kappa shape index (κ3) is 2.09. The second-order valence-corrected chi connectivity index (χ2v) is 5.25. The van der Waals surface area contributed by atoms with Gasteiger partial charge in [0.15, 0.2) is 0 Å². The lowest BCUT2D eigenvalue weighted by atomic mass is 10.2. The number of aromatic nitrogens is 2. The van der Waals surface area contributed by atoms with Crippen molar-refractivity contribution in [3.05, 3.63) is 17.5 Å². The summed E-state index contributed by atoms with van der Waals surface area (Å²) in [7, 11) is -0.747. The fourth-order valence-electron chi connectivity index (χ4n) is 1.58. The van der Waals surface area contributed by atoms with E-state index in [2.05, 4.69) is 10.2 Å². The van der Waals surface area contributed by atoms with E-state index in [0.717, 1.165) is 5.69 Å². The fourth-order valence-corrected chi connectivity index (χ4v) is 2.63. The lowest BCUT2D eigenvalue weighted by molar-refractivity contribution is 0.0770. The minimum Gasteiger partial charge on any atom is -0.337 e. The number of carbonyl (C=O) groups excluding carboxylic acids is 1. The maximum Gasteiger partial charge on any atom is 0.257 e. The van der Waals surface area contributed by atoms with E-state index in [1.54, 1.807) is 11.1 Å². The van der Waals surface area contributed by atoms with Gasteiger partial charge in [-0.15, -0.1) is 0 Å². The minimum absolute atomic E-state index is 0.0158. The van der Waals surface area contributed by atoms with Crippen LogP contribution in [0.1, 0.15) is 16.1 Å². The zero-order valence-corrected chi connectivity index (χ0v) is 9.34. The van der Waals surface area contributed by atoms with E-state index in [1.165, 1.54) is 0 Å². The first kappa shape index (κ1) is 10.4. The Morgan fingerprint density at radius 1 is 1.53 bits per heavy atom. The molecule has 15 heavy (non-hydrogen) atoms. The van der Waals surface area contributed by atoms with Crippen LogP contribution in [0.15, 0.2) is 6.20 Å². The Morgan fingerprint density at radius 3 is 2.73 bits per heavy atom. The summed E-state index contributed by atoms with van der Waals surface area (Å²) in [6, 6.07) is 0. The number of amides is 1. The number of aromatic amines is 1. The summed E-state index contributed by atoms with van der Waals surface area (Å²) in [5, 5.41) is 6.56. The van der Waals surface area contributed by atoms with Crippen molar-refractivity contribution in [3.63, 3.8) is 0 Å². The Bertz CT molecular complexity index is 392. The monoisotopic (exact) mass is 227 g/mol. The van der Waals surface area contributed by atoms with Crippen LogP contribution in [0.3, 0.4) is 0 Å².